The summed E-state index contributed by atoms with van der Waals surface area (Å²) in [7, 11) is 0. The van der Waals surface area contributed by atoms with Crippen molar-refractivity contribution in [2.45, 2.75) is 37.7 Å². The van der Waals surface area contributed by atoms with Crippen molar-refractivity contribution in [3.63, 3.8) is 0 Å². The molecule has 0 bridgehead atoms. The maximum absolute atomic E-state index is 11.8. The second-order valence-corrected chi connectivity index (χ2v) is 6.87. The van der Waals surface area contributed by atoms with Crippen LogP contribution in [0.25, 0.3) is 0 Å². The van der Waals surface area contributed by atoms with E-state index in [2.05, 4.69) is 15.9 Å². The third kappa shape index (κ3) is 3.27. The van der Waals surface area contributed by atoms with E-state index in [4.69, 9.17) is 4.74 Å². The van der Waals surface area contributed by atoms with Gasteiger partial charge in [-0.25, -0.2) is 0 Å². The fraction of sp³-hybridized carbons (Fsp3) is 0.316. The number of aliphatic carboxylic acids is 1. The Hall–Kier alpha value is -1.81. The molecule has 0 amide bonds. The van der Waals surface area contributed by atoms with Crippen molar-refractivity contribution in [3.8, 4) is 5.75 Å². The number of rotatable bonds is 5. The fourth-order valence-corrected chi connectivity index (χ4v) is 3.75. The monoisotopic (exact) mass is 374 g/mol. The highest BCUT2D eigenvalue weighted by Crippen LogP contribution is 2.43. The van der Waals surface area contributed by atoms with Gasteiger partial charge in [0.15, 0.2) is 0 Å². The standard InChI is InChI=1S/C19H19BrO3/c20-16-12-15(19(18(21)22)10-4-5-11-19)8-9-17(16)23-13-14-6-2-1-3-7-14/h1-3,6-9,12H,4-5,10-11,13H2,(H,21,22). The van der Waals surface area contributed by atoms with Crippen molar-refractivity contribution >= 4 is 21.9 Å². The van der Waals surface area contributed by atoms with Crippen LogP contribution in [0.3, 0.4) is 0 Å². The van der Waals surface area contributed by atoms with Gasteiger partial charge in [-0.05, 0) is 52.0 Å². The lowest BCUT2D eigenvalue weighted by Gasteiger charge is -2.25. The Morgan fingerprint density at radius 3 is 2.43 bits per heavy atom. The van der Waals surface area contributed by atoms with E-state index in [0.717, 1.165) is 34.2 Å². The van der Waals surface area contributed by atoms with Crippen molar-refractivity contribution in [2.75, 3.05) is 0 Å². The molecule has 120 valence electrons. The molecular formula is C19H19BrO3. The van der Waals surface area contributed by atoms with Crippen LogP contribution in [0.5, 0.6) is 5.75 Å². The number of hydrogen-bond acceptors (Lipinski definition) is 2. The van der Waals surface area contributed by atoms with Crippen LogP contribution in [-0.2, 0) is 16.8 Å². The van der Waals surface area contributed by atoms with Gasteiger partial charge in [0.2, 0.25) is 0 Å². The van der Waals surface area contributed by atoms with Gasteiger partial charge in [-0.15, -0.1) is 0 Å². The zero-order valence-corrected chi connectivity index (χ0v) is 14.4. The smallest absolute Gasteiger partial charge is 0.314 e. The highest BCUT2D eigenvalue weighted by atomic mass is 79.9. The van der Waals surface area contributed by atoms with Gasteiger partial charge in [0.25, 0.3) is 0 Å². The van der Waals surface area contributed by atoms with Gasteiger partial charge < -0.3 is 9.84 Å². The number of benzene rings is 2. The Bertz CT molecular complexity index is 691. The lowest BCUT2D eigenvalue weighted by molar-refractivity contribution is -0.143. The molecule has 3 rings (SSSR count). The molecule has 1 N–H and O–H groups in total. The van der Waals surface area contributed by atoms with E-state index in [1.54, 1.807) is 0 Å². The lowest BCUT2D eigenvalue weighted by atomic mass is 9.79. The molecule has 3 nitrogen and oxygen atoms in total. The van der Waals surface area contributed by atoms with Gasteiger partial charge in [0.1, 0.15) is 12.4 Å². The molecule has 0 aliphatic heterocycles. The first-order chi connectivity index (χ1) is 11.1. The van der Waals surface area contributed by atoms with Gasteiger partial charge in [0.05, 0.1) is 9.89 Å². The van der Waals surface area contributed by atoms with Gasteiger partial charge in [0, 0.05) is 0 Å². The number of ether oxygens (including phenoxy) is 1. The molecule has 1 aliphatic carbocycles. The molecule has 0 unspecified atom stereocenters. The van der Waals surface area contributed by atoms with Gasteiger partial charge >= 0.3 is 5.97 Å². The highest BCUT2D eigenvalue weighted by Gasteiger charge is 2.43. The summed E-state index contributed by atoms with van der Waals surface area (Å²) in [4.78, 5) is 11.8. The molecule has 1 fully saturated rings. The van der Waals surface area contributed by atoms with Crippen LogP contribution in [0.1, 0.15) is 36.8 Å². The van der Waals surface area contributed by atoms with Crippen LogP contribution in [-0.4, -0.2) is 11.1 Å². The summed E-state index contributed by atoms with van der Waals surface area (Å²) in [6, 6.07) is 15.6. The third-order valence-electron chi connectivity index (χ3n) is 4.59. The predicted octanol–water partition coefficient (Wildman–Crippen LogP) is 4.92. The molecule has 0 heterocycles. The fourth-order valence-electron chi connectivity index (χ4n) is 3.26. The second kappa shape index (κ2) is 6.75. The molecule has 23 heavy (non-hydrogen) atoms. The lowest BCUT2D eigenvalue weighted by Crippen LogP contribution is -2.32. The second-order valence-electron chi connectivity index (χ2n) is 6.01. The number of halogens is 1. The summed E-state index contributed by atoms with van der Waals surface area (Å²) >= 11 is 3.52. The first-order valence-electron chi connectivity index (χ1n) is 7.82. The van der Waals surface area contributed by atoms with E-state index >= 15 is 0 Å². The van der Waals surface area contributed by atoms with Crippen molar-refractivity contribution < 1.29 is 14.6 Å². The van der Waals surface area contributed by atoms with Crippen LogP contribution in [0.15, 0.2) is 53.0 Å². The van der Waals surface area contributed by atoms with Crippen LogP contribution in [0.2, 0.25) is 0 Å². The van der Waals surface area contributed by atoms with E-state index in [9.17, 15) is 9.90 Å². The molecule has 0 spiro atoms. The minimum Gasteiger partial charge on any atom is -0.488 e. The zero-order chi connectivity index (χ0) is 16.3. The molecule has 1 aliphatic rings. The average Bonchev–Trinajstić information content (AvgIpc) is 3.06. The summed E-state index contributed by atoms with van der Waals surface area (Å²) in [6.07, 6.45) is 3.35. The SMILES string of the molecule is O=C(O)C1(c2ccc(OCc3ccccc3)c(Br)c2)CCCC1. The zero-order valence-electron chi connectivity index (χ0n) is 12.8. The first-order valence-corrected chi connectivity index (χ1v) is 8.61. The molecule has 0 aromatic heterocycles. The Labute approximate surface area is 144 Å². The molecule has 4 heteroatoms. The Kier molecular flexibility index (Phi) is 4.71. The number of hydrogen-bond donors (Lipinski definition) is 1. The van der Waals surface area contributed by atoms with E-state index in [-0.39, 0.29) is 0 Å². The van der Waals surface area contributed by atoms with Crippen LogP contribution >= 0.6 is 15.9 Å². The predicted molar refractivity (Wildman–Crippen MR) is 92.7 cm³/mol. The van der Waals surface area contributed by atoms with E-state index in [1.165, 1.54) is 0 Å². The Morgan fingerprint density at radius 1 is 1.13 bits per heavy atom. The summed E-state index contributed by atoms with van der Waals surface area (Å²) in [5.41, 5.74) is 1.23. The summed E-state index contributed by atoms with van der Waals surface area (Å²) in [5.74, 6) is 0.0102. The maximum atomic E-state index is 11.8. The van der Waals surface area contributed by atoms with Crippen molar-refractivity contribution in [1.29, 1.82) is 0 Å². The van der Waals surface area contributed by atoms with Gasteiger partial charge in [-0.1, -0.05) is 49.2 Å². The molecule has 0 radical (unpaired) electrons. The summed E-state index contributed by atoms with van der Waals surface area (Å²) < 4.78 is 6.64. The van der Waals surface area contributed by atoms with Crippen molar-refractivity contribution in [1.82, 2.24) is 0 Å². The number of carboxylic acid groups (broad SMARTS) is 1. The Morgan fingerprint density at radius 2 is 1.83 bits per heavy atom. The van der Waals surface area contributed by atoms with Gasteiger partial charge in [-0.3, -0.25) is 4.79 Å². The minimum atomic E-state index is -0.736. The van der Waals surface area contributed by atoms with E-state index in [1.807, 2.05) is 48.5 Å². The normalized spacial score (nSPS) is 16.2. The topological polar surface area (TPSA) is 46.5 Å². The first kappa shape index (κ1) is 16.1. The Balaban J connectivity index is 1.79. The summed E-state index contributed by atoms with van der Waals surface area (Å²) in [6.45, 7) is 0.489. The largest absolute Gasteiger partial charge is 0.488 e. The highest BCUT2D eigenvalue weighted by molar-refractivity contribution is 9.10. The van der Waals surface area contributed by atoms with E-state index in [0.29, 0.717) is 19.4 Å². The number of carbonyl (C=O) groups is 1. The molecule has 2 aromatic carbocycles. The number of carboxylic acids is 1. The van der Waals surface area contributed by atoms with Crippen molar-refractivity contribution in [3.05, 3.63) is 64.1 Å². The average molecular weight is 375 g/mol. The third-order valence-corrected chi connectivity index (χ3v) is 5.21. The minimum absolute atomic E-state index is 0.489. The van der Waals surface area contributed by atoms with Gasteiger partial charge in [-0.2, -0.15) is 0 Å². The summed E-state index contributed by atoms with van der Waals surface area (Å²) in [5, 5.41) is 9.68. The maximum Gasteiger partial charge on any atom is 0.314 e. The molecule has 0 saturated heterocycles. The van der Waals surface area contributed by atoms with Crippen LogP contribution < -0.4 is 4.74 Å². The van der Waals surface area contributed by atoms with Crippen LogP contribution in [0, 0.1) is 0 Å². The van der Waals surface area contributed by atoms with E-state index < -0.39 is 11.4 Å². The quantitative estimate of drug-likeness (QED) is 0.807. The molecule has 1 saturated carbocycles. The molecular weight excluding hydrogens is 356 g/mol. The van der Waals surface area contributed by atoms with Crippen LogP contribution in [0.4, 0.5) is 0 Å². The van der Waals surface area contributed by atoms with Crippen molar-refractivity contribution in [2.24, 2.45) is 0 Å². The molecule has 2 aromatic rings. The molecule has 0 atom stereocenters.